The summed E-state index contributed by atoms with van der Waals surface area (Å²) in [6.45, 7) is 4.33. The number of nitrogens with one attached hydrogen (secondary N) is 1. The molecule has 1 fully saturated rings. The monoisotopic (exact) mass is 390 g/mol. The highest BCUT2D eigenvalue weighted by molar-refractivity contribution is 8.00. The Morgan fingerprint density at radius 1 is 1.33 bits per heavy atom. The van der Waals surface area contributed by atoms with Crippen molar-refractivity contribution < 1.29 is 18.4 Å². The number of rotatable bonds is 7. The highest BCUT2D eigenvalue weighted by Gasteiger charge is 2.42. The number of nitrogens with zero attached hydrogens (tertiary/aromatic N) is 1. The molecule has 1 aliphatic heterocycles. The van der Waals surface area contributed by atoms with E-state index < -0.39 is 6.04 Å². The van der Waals surface area contributed by atoms with E-state index in [0.29, 0.717) is 17.9 Å². The van der Waals surface area contributed by atoms with E-state index in [0.717, 1.165) is 5.56 Å². The number of carbonyl (C=O) groups excluding carboxylic acids is 2. The van der Waals surface area contributed by atoms with E-state index in [1.807, 2.05) is 19.9 Å². The second-order valence-electron chi connectivity index (χ2n) is 6.97. The fourth-order valence-corrected chi connectivity index (χ4v) is 4.30. The number of thioether (sulfide) groups is 1. The van der Waals surface area contributed by atoms with E-state index in [-0.39, 0.29) is 35.5 Å². The third kappa shape index (κ3) is 4.71. The minimum atomic E-state index is -0.581. The van der Waals surface area contributed by atoms with Crippen molar-refractivity contribution >= 4 is 23.6 Å². The molecule has 2 aromatic rings. The first-order valence-corrected chi connectivity index (χ1v) is 9.99. The van der Waals surface area contributed by atoms with Gasteiger partial charge in [0.2, 0.25) is 11.8 Å². The van der Waals surface area contributed by atoms with Gasteiger partial charge in [-0.25, -0.2) is 4.39 Å². The normalized spacial score (nSPS) is 18.1. The molecule has 1 aliphatic rings. The SMILES string of the molecule is CC(C)C[C@H](C(=O)NCc1ccc(F)cc1)N1C(=O)CS[C@@H]1c1ccco1. The van der Waals surface area contributed by atoms with Gasteiger partial charge in [0.15, 0.2) is 0 Å². The molecular weight excluding hydrogens is 367 g/mol. The van der Waals surface area contributed by atoms with Crippen LogP contribution in [0, 0.1) is 11.7 Å². The summed E-state index contributed by atoms with van der Waals surface area (Å²) >= 11 is 1.47. The van der Waals surface area contributed by atoms with Crippen LogP contribution in [-0.2, 0) is 16.1 Å². The van der Waals surface area contributed by atoms with Crippen LogP contribution in [0.1, 0.15) is 37.0 Å². The molecule has 0 spiro atoms. The zero-order valence-corrected chi connectivity index (χ0v) is 16.2. The zero-order valence-electron chi connectivity index (χ0n) is 15.4. The van der Waals surface area contributed by atoms with Crippen LogP contribution in [-0.4, -0.2) is 28.5 Å². The van der Waals surface area contributed by atoms with Gasteiger partial charge in [-0.2, -0.15) is 0 Å². The van der Waals surface area contributed by atoms with Gasteiger partial charge in [0.1, 0.15) is 23.0 Å². The highest BCUT2D eigenvalue weighted by atomic mass is 32.2. The average molecular weight is 390 g/mol. The first-order chi connectivity index (χ1) is 13.0. The molecule has 144 valence electrons. The van der Waals surface area contributed by atoms with Crippen molar-refractivity contribution in [1.82, 2.24) is 10.2 Å². The number of halogens is 1. The van der Waals surface area contributed by atoms with Gasteiger partial charge in [-0.1, -0.05) is 26.0 Å². The fraction of sp³-hybridized carbons (Fsp3) is 0.400. The lowest BCUT2D eigenvalue weighted by molar-refractivity contribution is -0.139. The van der Waals surface area contributed by atoms with Crippen molar-refractivity contribution in [2.45, 2.75) is 38.2 Å². The lowest BCUT2D eigenvalue weighted by atomic mass is 10.0. The van der Waals surface area contributed by atoms with Gasteiger partial charge in [-0.05, 0) is 42.2 Å². The van der Waals surface area contributed by atoms with E-state index in [2.05, 4.69) is 5.32 Å². The average Bonchev–Trinajstić information content (AvgIpc) is 3.28. The highest BCUT2D eigenvalue weighted by Crippen LogP contribution is 2.41. The molecule has 1 saturated heterocycles. The van der Waals surface area contributed by atoms with Gasteiger partial charge >= 0.3 is 0 Å². The van der Waals surface area contributed by atoms with E-state index in [4.69, 9.17) is 4.42 Å². The number of hydrogen-bond acceptors (Lipinski definition) is 4. The Morgan fingerprint density at radius 2 is 2.07 bits per heavy atom. The van der Waals surface area contributed by atoms with Crippen LogP contribution in [0.5, 0.6) is 0 Å². The molecule has 1 aromatic carbocycles. The summed E-state index contributed by atoms with van der Waals surface area (Å²) in [5.74, 6) is 0.645. The lowest BCUT2D eigenvalue weighted by Crippen LogP contribution is -2.49. The largest absolute Gasteiger partial charge is 0.466 e. The van der Waals surface area contributed by atoms with Crippen molar-refractivity contribution in [1.29, 1.82) is 0 Å². The molecule has 0 bridgehead atoms. The summed E-state index contributed by atoms with van der Waals surface area (Å²) in [7, 11) is 0. The van der Waals surface area contributed by atoms with Crippen LogP contribution in [0.25, 0.3) is 0 Å². The van der Waals surface area contributed by atoms with Crippen molar-refractivity contribution in [2.75, 3.05) is 5.75 Å². The first-order valence-electron chi connectivity index (χ1n) is 8.94. The van der Waals surface area contributed by atoms with Gasteiger partial charge in [-0.3, -0.25) is 9.59 Å². The first kappa shape index (κ1) is 19.5. The van der Waals surface area contributed by atoms with Crippen LogP contribution in [0.2, 0.25) is 0 Å². The van der Waals surface area contributed by atoms with Crippen LogP contribution in [0.4, 0.5) is 4.39 Å². The molecule has 2 atom stereocenters. The summed E-state index contributed by atoms with van der Waals surface area (Å²) in [5.41, 5.74) is 0.803. The quantitative estimate of drug-likeness (QED) is 0.783. The Morgan fingerprint density at radius 3 is 2.70 bits per heavy atom. The minimum absolute atomic E-state index is 0.0658. The second kappa shape index (κ2) is 8.61. The molecule has 2 heterocycles. The van der Waals surface area contributed by atoms with Crippen LogP contribution in [0.3, 0.4) is 0 Å². The Hall–Kier alpha value is -2.28. The van der Waals surface area contributed by atoms with E-state index in [9.17, 15) is 14.0 Å². The van der Waals surface area contributed by atoms with Gasteiger partial charge in [-0.15, -0.1) is 11.8 Å². The smallest absolute Gasteiger partial charge is 0.243 e. The van der Waals surface area contributed by atoms with Crippen LogP contribution in [0.15, 0.2) is 47.1 Å². The molecule has 0 radical (unpaired) electrons. The molecule has 0 unspecified atom stereocenters. The maximum atomic E-state index is 13.0. The summed E-state index contributed by atoms with van der Waals surface area (Å²) in [5, 5.41) is 2.59. The number of carbonyl (C=O) groups is 2. The molecule has 3 rings (SSSR count). The molecule has 27 heavy (non-hydrogen) atoms. The molecular formula is C20H23FN2O3S. The molecule has 1 aromatic heterocycles. The van der Waals surface area contributed by atoms with E-state index >= 15 is 0 Å². The summed E-state index contributed by atoms with van der Waals surface area (Å²) in [4.78, 5) is 27.2. The van der Waals surface area contributed by atoms with Crippen molar-refractivity contribution in [3.63, 3.8) is 0 Å². The standard InChI is InChI=1S/C20H23FN2O3S/c1-13(2)10-16(19(25)22-11-14-5-7-15(21)8-6-14)23-18(24)12-27-20(23)17-4-3-9-26-17/h3-9,13,16,20H,10-12H2,1-2H3,(H,22,25)/t16-,20-/m1/s1. The maximum absolute atomic E-state index is 13.0. The molecule has 7 heteroatoms. The van der Waals surface area contributed by atoms with Crippen molar-refractivity contribution in [3.8, 4) is 0 Å². The number of furan rings is 1. The summed E-state index contributed by atoms with van der Waals surface area (Å²) in [6.07, 6.45) is 2.13. The third-order valence-electron chi connectivity index (χ3n) is 4.40. The Labute approximate surface area is 162 Å². The topological polar surface area (TPSA) is 62.6 Å². The molecule has 2 amide bonds. The molecule has 5 nitrogen and oxygen atoms in total. The third-order valence-corrected chi connectivity index (χ3v) is 5.59. The lowest BCUT2D eigenvalue weighted by Gasteiger charge is -2.32. The van der Waals surface area contributed by atoms with E-state index in [1.54, 1.807) is 29.4 Å². The summed E-state index contributed by atoms with van der Waals surface area (Å²) < 4.78 is 18.5. The van der Waals surface area contributed by atoms with Crippen molar-refractivity contribution in [2.24, 2.45) is 5.92 Å². The van der Waals surface area contributed by atoms with Gasteiger partial charge in [0, 0.05) is 6.54 Å². The van der Waals surface area contributed by atoms with Crippen molar-refractivity contribution in [3.05, 3.63) is 59.8 Å². The predicted molar refractivity (Wildman–Crippen MR) is 102 cm³/mol. The maximum Gasteiger partial charge on any atom is 0.243 e. The Bertz CT molecular complexity index is 777. The molecule has 0 aliphatic carbocycles. The van der Waals surface area contributed by atoms with Crippen LogP contribution < -0.4 is 5.32 Å². The Kier molecular flexibility index (Phi) is 6.21. The van der Waals surface area contributed by atoms with Crippen LogP contribution >= 0.6 is 11.8 Å². The minimum Gasteiger partial charge on any atom is -0.466 e. The van der Waals surface area contributed by atoms with Gasteiger partial charge in [0.25, 0.3) is 0 Å². The van der Waals surface area contributed by atoms with E-state index in [1.165, 1.54) is 23.9 Å². The number of amides is 2. The summed E-state index contributed by atoms with van der Waals surface area (Å²) in [6, 6.07) is 9.02. The number of benzene rings is 1. The molecule has 1 N–H and O–H groups in total. The van der Waals surface area contributed by atoms with Gasteiger partial charge < -0.3 is 14.6 Å². The fourth-order valence-electron chi connectivity index (χ4n) is 3.13. The Balaban J connectivity index is 1.76. The second-order valence-corrected chi connectivity index (χ2v) is 8.04. The van der Waals surface area contributed by atoms with Gasteiger partial charge in [0.05, 0.1) is 12.0 Å². The molecule has 0 saturated carbocycles. The predicted octanol–water partition coefficient (Wildman–Crippen LogP) is 3.72. The number of hydrogen-bond donors (Lipinski definition) is 1. The zero-order chi connectivity index (χ0) is 19.4.